The summed E-state index contributed by atoms with van der Waals surface area (Å²) in [6, 6.07) is 16.3. The molecular weight excluding hydrogens is 420 g/mol. The number of H-pyrrole nitrogens is 1. The number of fused-ring (bicyclic) bond motifs is 1. The largest absolute Gasteiger partial charge is 0.360 e. The molecule has 3 N–H and O–H groups in total. The van der Waals surface area contributed by atoms with Crippen LogP contribution in [0.1, 0.15) is 15.2 Å². The molecule has 2 aromatic heterocycles. The lowest BCUT2D eigenvalue weighted by Crippen LogP contribution is -2.29. The Hall–Kier alpha value is -3.91. The second kappa shape index (κ2) is 8.32. The Bertz CT molecular complexity index is 1320. The summed E-state index contributed by atoms with van der Waals surface area (Å²) in [4.78, 5) is 19.4. The molecule has 0 fully saturated rings. The Morgan fingerprint density at radius 1 is 1.06 bits per heavy atom. The zero-order valence-electron chi connectivity index (χ0n) is 17.7. The van der Waals surface area contributed by atoms with Gasteiger partial charge in [-0.2, -0.15) is 5.10 Å². The number of carbonyl (C=O) groups excluding carboxylic acids is 1. The predicted octanol–water partition coefficient (Wildman–Crippen LogP) is 4.29. The fourth-order valence-electron chi connectivity index (χ4n) is 3.52. The lowest BCUT2D eigenvalue weighted by Gasteiger charge is -2.19. The van der Waals surface area contributed by atoms with Crippen molar-refractivity contribution < 1.29 is 4.79 Å². The number of amides is 1. The molecule has 1 amide bonds. The van der Waals surface area contributed by atoms with E-state index in [4.69, 9.17) is 4.99 Å². The molecule has 1 aliphatic heterocycles. The van der Waals surface area contributed by atoms with Gasteiger partial charge in [-0.3, -0.25) is 9.89 Å². The van der Waals surface area contributed by atoms with E-state index in [1.165, 1.54) is 11.3 Å². The maximum absolute atomic E-state index is 12.3. The maximum Gasteiger partial charge on any atom is 0.263 e. The van der Waals surface area contributed by atoms with Gasteiger partial charge in [0.05, 0.1) is 11.1 Å². The van der Waals surface area contributed by atoms with Gasteiger partial charge in [0.2, 0.25) is 0 Å². The molecule has 0 bridgehead atoms. The fraction of sp³-hybridized carbons (Fsp3) is 0.125. The average molecular weight is 443 g/mol. The Morgan fingerprint density at radius 3 is 2.62 bits per heavy atom. The minimum absolute atomic E-state index is 0.0202. The van der Waals surface area contributed by atoms with Crippen molar-refractivity contribution in [1.29, 1.82) is 0 Å². The molecule has 0 spiro atoms. The summed E-state index contributed by atoms with van der Waals surface area (Å²) in [5, 5.41) is 14.6. The van der Waals surface area contributed by atoms with Crippen molar-refractivity contribution in [3.05, 3.63) is 83.6 Å². The van der Waals surface area contributed by atoms with Crippen molar-refractivity contribution in [2.75, 3.05) is 19.4 Å². The van der Waals surface area contributed by atoms with Gasteiger partial charge in [0, 0.05) is 48.0 Å². The van der Waals surface area contributed by atoms with Gasteiger partial charge in [-0.25, -0.2) is 4.99 Å². The second-order valence-electron chi connectivity index (χ2n) is 7.70. The van der Waals surface area contributed by atoms with Gasteiger partial charge in [-0.1, -0.05) is 24.3 Å². The fourth-order valence-corrected chi connectivity index (χ4v) is 4.64. The molecule has 0 radical (unpaired) electrons. The van der Waals surface area contributed by atoms with Gasteiger partial charge >= 0.3 is 0 Å². The van der Waals surface area contributed by atoms with E-state index >= 15 is 0 Å². The number of aliphatic imine (C=N–C) groups is 1. The highest BCUT2D eigenvalue weighted by Crippen LogP contribution is 2.28. The Kier molecular flexibility index (Phi) is 5.20. The first-order valence-electron chi connectivity index (χ1n) is 10.2. The lowest BCUT2D eigenvalue weighted by atomic mass is 10.1. The van der Waals surface area contributed by atoms with Crippen LogP contribution in [0.15, 0.2) is 78.2 Å². The minimum Gasteiger partial charge on any atom is -0.360 e. The van der Waals surface area contributed by atoms with Crippen LogP contribution < -0.4 is 10.6 Å². The van der Waals surface area contributed by atoms with E-state index in [1.54, 1.807) is 25.2 Å². The molecule has 1 aliphatic rings. The van der Waals surface area contributed by atoms with Crippen LogP contribution in [-0.4, -0.2) is 47.1 Å². The SMILES string of the molecule is CN(C)C(=O)c1cc2ccc(C3=NC(Nc4ccc(-c5cn[nH]c5)cc4)C=CN3)cc2s1. The summed E-state index contributed by atoms with van der Waals surface area (Å²) < 4.78 is 1.06. The predicted molar refractivity (Wildman–Crippen MR) is 130 cm³/mol. The Morgan fingerprint density at radius 2 is 1.88 bits per heavy atom. The molecule has 1 atom stereocenters. The second-order valence-corrected chi connectivity index (χ2v) is 8.78. The van der Waals surface area contributed by atoms with Crippen molar-refractivity contribution in [3.8, 4) is 11.1 Å². The van der Waals surface area contributed by atoms with E-state index in [1.807, 2.05) is 48.8 Å². The van der Waals surface area contributed by atoms with Gasteiger partial charge in [0.1, 0.15) is 12.0 Å². The zero-order chi connectivity index (χ0) is 22.1. The highest BCUT2D eigenvalue weighted by Gasteiger charge is 2.15. The number of carbonyl (C=O) groups is 1. The first kappa shape index (κ1) is 20.0. The maximum atomic E-state index is 12.3. The number of anilines is 1. The monoisotopic (exact) mass is 442 g/mol. The van der Waals surface area contributed by atoms with E-state index in [-0.39, 0.29) is 12.1 Å². The van der Waals surface area contributed by atoms with Crippen molar-refractivity contribution in [3.63, 3.8) is 0 Å². The van der Waals surface area contributed by atoms with Gasteiger partial charge in [-0.15, -0.1) is 11.3 Å². The quantitative estimate of drug-likeness (QED) is 0.430. The molecule has 3 heterocycles. The molecule has 8 heteroatoms. The van der Waals surface area contributed by atoms with E-state index < -0.39 is 0 Å². The number of thiophene rings is 1. The van der Waals surface area contributed by atoms with Crippen LogP contribution in [0.4, 0.5) is 5.69 Å². The number of aromatic amines is 1. The van der Waals surface area contributed by atoms with Gasteiger partial charge < -0.3 is 15.5 Å². The minimum atomic E-state index is -0.184. The summed E-state index contributed by atoms with van der Waals surface area (Å²) >= 11 is 1.50. The number of hydrogen-bond acceptors (Lipinski definition) is 6. The van der Waals surface area contributed by atoms with Gasteiger partial charge in [-0.05, 0) is 41.3 Å². The van der Waals surface area contributed by atoms with Crippen molar-refractivity contribution in [2.24, 2.45) is 4.99 Å². The van der Waals surface area contributed by atoms with Crippen LogP contribution in [0.25, 0.3) is 21.2 Å². The molecule has 0 saturated heterocycles. The van der Waals surface area contributed by atoms with E-state index in [2.05, 4.69) is 39.0 Å². The third-order valence-corrected chi connectivity index (χ3v) is 6.29. The molecule has 5 rings (SSSR count). The standard InChI is InChI=1S/C24H22N6OS/c1-30(2)24(31)21-11-16-3-4-17(12-20(16)32-21)23-25-10-9-22(29-23)28-19-7-5-15(6-8-19)18-13-26-27-14-18/h3-14,22,28H,1-2H3,(H,25,29)(H,26,27). The molecule has 32 heavy (non-hydrogen) atoms. The summed E-state index contributed by atoms with van der Waals surface area (Å²) in [5.74, 6) is 0.808. The Labute approximate surface area is 189 Å². The first-order valence-corrected chi connectivity index (χ1v) is 11.0. The third-order valence-electron chi connectivity index (χ3n) is 5.21. The van der Waals surface area contributed by atoms with Crippen LogP contribution in [-0.2, 0) is 0 Å². The molecule has 1 unspecified atom stereocenters. The Balaban J connectivity index is 1.34. The number of nitrogens with zero attached hydrogens (tertiary/aromatic N) is 3. The number of hydrogen-bond donors (Lipinski definition) is 3. The van der Waals surface area contributed by atoms with Crippen LogP contribution in [0, 0.1) is 0 Å². The van der Waals surface area contributed by atoms with E-state index in [0.29, 0.717) is 0 Å². The first-order chi connectivity index (χ1) is 15.6. The smallest absolute Gasteiger partial charge is 0.263 e. The molecule has 4 aromatic rings. The molecule has 0 saturated carbocycles. The number of amidine groups is 1. The highest BCUT2D eigenvalue weighted by atomic mass is 32.1. The van der Waals surface area contributed by atoms with E-state index in [0.717, 1.165) is 43.2 Å². The topological polar surface area (TPSA) is 85.4 Å². The zero-order valence-corrected chi connectivity index (χ0v) is 18.5. The number of benzene rings is 2. The molecule has 7 nitrogen and oxygen atoms in total. The highest BCUT2D eigenvalue weighted by molar-refractivity contribution is 7.20. The van der Waals surface area contributed by atoms with Crippen molar-refractivity contribution in [1.82, 2.24) is 20.4 Å². The average Bonchev–Trinajstić information content (AvgIpc) is 3.49. The molecule has 0 aliphatic carbocycles. The normalized spacial score (nSPS) is 15.3. The summed E-state index contributed by atoms with van der Waals surface area (Å²) in [5.41, 5.74) is 4.12. The molecule has 2 aromatic carbocycles. The summed E-state index contributed by atoms with van der Waals surface area (Å²) in [7, 11) is 3.53. The van der Waals surface area contributed by atoms with Crippen LogP contribution >= 0.6 is 11.3 Å². The molecular formula is C24H22N6OS. The number of aromatic nitrogens is 2. The van der Waals surface area contributed by atoms with Crippen LogP contribution in [0.5, 0.6) is 0 Å². The lowest BCUT2D eigenvalue weighted by molar-refractivity contribution is 0.0832. The number of nitrogens with one attached hydrogen (secondary N) is 3. The van der Waals surface area contributed by atoms with Crippen LogP contribution in [0.2, 0.25) is 0 Å². The van der Waals surface area contributed by atoms with Gasteiger partial charge in [0.15, 0.2) is 0 Å². The van der Waals surface area contributed by atoms with E-state index in [9.17, 15) is 4.79 Å². The molecule has 160 valence electrons. The summed E-state index contributed by atoms with van der Waals surface area (Å²) in [6.07, 6.45) is 7.37. The van der Waals surface area contributed by atoms with Crippen molar-refractivity contribution in [2.45, 2.75) is 6.17 Å². The van der Waals surface area contributed by atoms with Crippen LogP contribution in [0.3, 0.4) is 0 Å². The number of rotatable bonds is 5. The summed E-state index contributed by atoms with van der Waals surface area (Å²) in [6.45, 7) is 0. The van der Waals surface area contributed by atoms with Gasteiger partial charge in [0.25, 0.3) is 5.91 Å². The van der Waals surface area contributed by atoms with Crippen molar-refractivity contribution >= 4 is 38.9 Å². The third kappa shape index (κ3) is 4.00.